The number of benzene rings is 2. The van der Waals surface area contributed by atoms with Crippen LogP contribution in [0, 0.1) is 5.82 Å². The summed E-state index contributed by atoms with van der Waals surface area (Å²) in [7, 11) is -2.65. The molecule has 0 amide bonds. The number of para-hydroxylation sites is 1. The summed E-state index contributed by atoms with van der Waals surface area (Å²) in [5.41, 5.74) is 1.33. The molecule has 0 fully saturated rings. The second kappa shape index (κ2) is 10.2. The lowest BCUT2D eigenvalue weighted by Gasteiger charge is -2.05. The summed E-state index contributed by atoms with van der Waals surface area (Å²) in [6.07, 6.45) is 2.67. The van der Waals surface area contributed by atoms with Crippen LogP contribution in [-0.2, 0) is 10.0 Å². The Morgan fingerprint density at radius 1 is 1.20 bits per heavy atom. The average molecular weight is 553 g/mol. The summed E-state index contributed by atoms with van der Waals surface area (Å²) in [5, 5.41) is 9.78. The fourth-order valence-electron chi connectivity index (χ4n) is 2.89. The maximum absolute atomic E-state index is 13.8. The molecule has 35 heavy (non-hydrogen) atoms. The lowest BCUT2D eigenvalue weighted by Crippen LogP contribution is -2.14. The minimum atomic E-state index is -4.09. The molecule has 0 aliphatic heterocycles. The van der Waals surface area contributed by atoms with Crippen LogP contribution in [0.4, 0.5) is 15.2 Å². The van der Waals surface area contributed by atoms with Gasteiger partial charge in [-0.1, -0.05) is 46.7 Å². The molecular weight excluding hydrogens is 538 g/mol. The number of pyridine rings is 1. The number of aromatic nitrogens is 2. The van der Waals surface area contributed by atoms with E-state index in [9.17, 15) is 17.9 Å². The highest BCUT2D eigenvalue weighted by molar-refractivity contribution is 7.92. The van der Waals surface area contributed by atoms with Crippen LogP contribution in [0.1, 0.15) is 5.56 Å². The minimum Gasteiger partial charge on any atom is -0.504 e. The van der Waals surface area contributed by atoms with Crippen molar-refractivity contribution < 1.29 is 22.7 Å². The molecule has 4 aromatic rings. The minimum absolute atomic E-state index is 0.0160. The van der Waals surface area contributed by atoms with Gasteiger partial charge in [-0.15, -0.1) is 0 Å². The van der Waals surface area contributed by atoms with E-state index < -0.39 is 15.8 Å². The Morgan fingerprint density at radius 3 is 2.69 bits per heavy atom. The number of phenols is 1. The zero-order valence-electron chi connectivity index (χ0n) is 17.7. The third-order valence-electron chi connectivity index (χ3n) is 4.60. The van der Waals surface area contributed by atoms with Gasteiger partial charge in [0.25, 0.3) is 10.0 Å². The van der Waals surface area contributed by atoms with Gasteiger partial charge in [0.15, 0.2) is 21.7 Å². The number of thiazole rings is 1. The van der Waals surface area contributed by atoms with Crippen molar-refractivity contribution in [1.29, 1.82) is 0 Å². The van der Waals surface area contributed by atoms with E-state index in [1.54, 1.807) is 18.2 Å². The Labute approximate surface area is 213 Å². The molecule has 2 N–H and O–H groups in total. The number of sulfonamides is 1. The van der Waals surface area contributed by atoms with Gasteiger partial charge in [0.05, 0.1) is 24.0 Å². The van der Waals surface area contributed by atoms with Gasteiger partial charge in [0.1, 0.15) is 15.8 Å². The lowest BCUT2D eigenvalue weighted by atomic mass is 10.2. The van der Waals surface area contributed by atoms with Crippen molar-refractivity contribution in [2.75, 3.05) is 11.8 Å². The van der Waals surface area contributed by atoms with E-state index >= 15 is 0 Å². The number of nitrogens with one attached hydrogen (secondary N) is 1. The van der Waals surface area contributed by atoms with Crippen molar-refractivity contribution in [2.45, 2.75) is 5.03 Å². The zero-order valence-corrected chi connectivity index (χ0v) is 20.9. The van der Waals surface area contributed by atoms with Crippen LogP contribution < -0.4 is 9.46 Å². The molecule has 0 saturated heterocycles. The van der Waals surface area contributed by atoms with Crippen LogP contribution >= 0.6 is 34.5 Å². The average Bonchev–Trinajstić information content (AvgIpc) is 3.19. The van der Waals surface area contributed by atoms with E-state index in [-0.39, 0.29) is 31.0 Å². The van der Waals surface area contributed by atoms with Gasteiger partial charge in [0, 0.05) is 17.3 Å². The Hall–Kier alpha value is -3.25. The van der Waals surface area contributed by atoms with E-state index in [1.807, 2.05) is 0 Å². The lowest BCUT2D eigenvalue weighted by molar-refractivity contribution is 0.373. The Morgan fingerprint density at radius 2 is 2.00 bits per heavy atom. The highest BCUT2D eigenvalue weighted by Gasteiger charge is 2.20. The first-order valence-corrected chi connectivity index (χ1v) is 12.7. The Bertz CT molecular complexity index is 1530. The van der Waals surface area contributed by atoms with Crippen molar-refractivity contribution >= 4 is 61.6 Å². The SMILES string of the molecule is COc1cccc(C=Nc2ccc(S(=O)(=O)Nc3nc(-c4ccc(Cl)c(F)c4)c(Cl)s3)nc2)c1O. The monoisotopic (exact) mass is 552 g/mol. The normalized spacial score (nSPS) is 11.7. The van der Waals surface area contributed by atoms with E-state index in [1.165, 1.54) is 43.8 Å². The van der Waals surface area contributed by atoms with Gasteiger partial charge >= 0.3 is 0 Å². The van der Waals surface area contributed by atoms with Crippen LogP contribution in [0.25, 0.3) is 11.3 Å². The third kappa shape index (κ3) is 5.54. The number of nitrogens with zero attached hydrogens (tertiary/aromatic N) is 3. The fraction of sp³-hybridized carbons (Fsp3) is 0.0455. The summed E-state index contributed by atoms with van der Waals surface area (Å²) < 4.78 is 46.8. The number of hydrogen-bond donors (Lipinski definition) is 2. The van der Waals surface area contributed by atoms with E-state index in [0.717, 1.165) is 17.4 Å². The second-order valence-electron chi connectivity index (χ2n) is 6.89. The van der Waals surface area contributed by atoms with Crippen molar-refractivity contribution in [3.05, 3.63) is 75.5 Å². The first-order chi connectivity index (χ1) is 16.7. The zero-order chi connectivity index (χ0) is 25.2. The van der Waals surface area contributed by atoms with E-state index in [2.05, 4.69) is 19.7 Å². The smallest absolute Gasteiger partial charge is 0.281 e. The molecule has 2 aromatic carbocycles. The number of hydrogen-bond acceptors (Lipinski definition) is 8. The van der Waals surface area contributed by atoms with E-state index in [0.29, 0.717) is 22.6 Å². The van der Waals surface area contributed by atoms with Gasteiger partial charge < -0.3 is 9.84 Å². The molecule has 2 heterocycles. The number of ether oxygens (including phenoxy) is 1. The van der Waals surface area contributed by atoms with Gasteiger partial charge in [-0.05, 0) is 36.4 Å². The number of aromatic hydroxyl groups is 1. The molecule has 0 bridgehead atoms. The largest absolute Gasteiger partial charge is 0.504 e. The van der Waals surface area contributed by atoms with Crippen LogP contribution in [0.2, 0.25) is 9.36 Å². The van der Waals surface area contributed by atoms with Gasteiger partial charge in [0.2, 0.25) is 0 Å². The molecule has 180 valence electrons. The molecule has 0 aliphatic carbocycles. The molecule has 0 unspecified atom stereocenters. The highest BCUT2D eigenvalue weighted by Crippen LogP contribution is 2.37. The maximum Gasteiger partial charge on any atom is 0.281 e. The molecular formula is C22H15Cl2FN4O4S2. The molecule has 0 spiro atoms. The summed E-state index contributed by atoms with van der Waals surface area (Å²) in [6, 6.07) is 11.7. The molecule has 0 saturated carbocycles. The first kappa shape index (κ1) is 24.9. The molecule has 4 rings (SSSR count). The molecule has 8 nitrogen and oxygen atoms in total. The molecule has 0 radical (unpaired) electrons. The summed E-state index contributed by atoms with van der Waals surface area (Å²) >= 11 is 12.8. The quantitative estimate of drug-likeness (QED) is 0.275. The van der Waals surface area contributed by atoms with Crippen LogP contribution in [0.5, 0.6) is 11.5 Å². The maximum atomic E-state index is 13.8. The van der Waals surface area contributed by atoms with Crippen LogP contribution in [0.3, 0.4) is 0 Å². The Kier molecular flexibility index (Phi) is 7.22. The van der Waals surface area contributed by atoms with Crippen LogP contribution in [0.15, 0.2) is 64.7 Å². The van der Waals surface area contributed by atoms with Crippen LogP contribution in [-0.4, -0.2) is 36.8 Å². The third-order valence-corrected chi connectivity index (χ3v) is 7.46. The fourth-order valence-corrected chi connectivity index (χ4v) is 5.26. The number of rotatable bonds is 7. The van der Waals surface area contributed by atoms with Crippen molar-refractivity contribution in [3.8, 4) is 22.8 Å². The van der Waals surface area contributed by atoms with Gasteiger partial charge in [-0.3, -0.25) is 9.71 Å². The summed E-state index contributed by atoms with van der Waals surface area (Å²) in [5.74, 6) is -0.423. The summed E-state index contributed by atoms with van der Waals surface area (Å²) in [4.78, 5) is 12.3. The molecule has 13 heteroatoms. The summed E-state index contributed by atoms with van der Waals surface area (Å²) in [6.45, 7) is 0. The number of phenolic OH excluding ortho intramolecular Hbond substituents is 1. The highest BCUT2D eigenvalue weighted by atomic mass is 35.5. The Balaban J connectivity index is 1.51. The standard InChI is InChI=1S/C22H15Cl2FN4O4S2/c1-33-17-4-2-3-13(20(17)30)10-26-14-6-8-18(27-11-14)35(31,32)29-22-28-19(21(24)34-22)12-5-7-15(23)16(25)9-12/h2-11,30H,1H3,(H,28,29). The molecule has 0 aliphatic rings. The second-order valence-corrected chi connectivity index (χ2v) is 10.5. The molecule has 2 aromatic heterocycles. The number of aliphatic imine (C=N–C) groups is 1. The predicted molar refractivity (Wildman–Crippen MR) is 134 cm³/mol. The van der Waals surface area contributed by atoms with Crippen molar-refractivity contribution in [3.63, 3.8) is 0 Å². The number of anilines is 1. The van der Waals surface area contributed by atoms with Crippen molar-refractivity contribution in [2.24, 2.45) is 4.99 Å². The predicted octanol–water partition coefficient (Wildman–Crippen LogP) is 5.92. The first-order valence-electron chi connectivity index (χ1n) is 9.68. The van der Waals surface area contributed by atoms with Crippen molar-refractivity contribution in [1.82, 2.24) is 9.97 Å². The van der Waals surface area contributed by atoms with Gasteiger partial charge in [-0.25, -0.2) is 14.4 Å². The number of halogens is 3. The number of methoxy groups -OCH3 is 1. The van der Waals surface area contributed by atoms with E-state index in [4.69, 9.17) is 27.9 Å². The molecule has 0 atom stereocenters. The topological polar surface area (TPSA) is 114 Å². The van der Waals surface area contributed by atoms with Gasteiger partial charge in [-0.2, -0.15) is 8.42 Å².